The predicted octanol–water partition coefficient (Wildman–Crippen LogP) is 2.63. The third kappa shape index (κ3) is 3.32. The first kappa shape index (κ1) is 18.7. The minimum absolute atomic E-state index is 0.0519. The number of nitrogens with zero attached hydrogens (tertiary/aromatic N) is 3. The van der Waals surface area contributed by atoms with E-state index in [1.165, 1.54) is 18.2 Å². The van der Waals surface area contributed by atoms with Crippen LogP contribution in [0.2, 0.25) is 0 Å². The zero-order valence-corrected chi connectivity index (χ0v) is 14.8. The van der Waals surface area contributed by atoms with Crippen LogP contribution in [0.4, 0.5) is 29.3 Å². The van der Waals surface area contributed by atoms with Gasteiger partial charge in [0, 0.05) is 25.2 Å². The van der Waals surface area contributed by atoms with Gasteiger partial charge >= 0.3 is 6.18 Å². The molecule has 0 spiro atoms. The molecule has 1 aromatic heterocycles. The minimum Gasteiger partial charge on any atom is -0.378 e. The van der Waals surface area contributed by atoms with Crippen LogP contribution < -0.4 is 15.8 Å². The first-order valence-electron chi connectivity index (χ1n) is 8.92. The Balaban J connectivity index is 1.88. The molecule has 2 aromatic rings. The van der Waals surface area contributed by atoms with Crippen molar-refractivity contribution < 1.29 is 22.3 Å². The first-order chi connectivity index (χ1) is 13.4. The van der Waals surface area contributed by atoms with E-state index in [4.69, 9.17) is 4.74 Å². The van der Waals surface area contributed by atoms with Crippen LogP contribution in [0.15, 0.2) is 29.1 Å². The van der Waals surface area contributed by atoms with Crippen LogP contribution in [0.25, 0.3) is 11.1 Å². The molecule has 150 valence electrons. The van der Waals surface area contributed by atoms with E-state index in [-0.39, 0.29) is 35.9 Å². The number of anilines is 2. The van der Waals surface area contributed by atoms with Crippen molar-refractivity contribution in [2.24, 2.45) is 0 Å². The number of ether oxygens (including phenoxy) is 1. The summed E-state index contributed by atoms with van der Waals surface area (Å²) in [6.45, 7) is 1.42. The molecule has 1 aromatic carbocycles. The van der Waals surface area contributed by atoms with Crippen molar-refractivity contribution >= 4 is 11.8 Å². The number of hydrogen-bond donors (Lipinski definition) is 1. The number of benzene rings is 1. The molecule has 1 saturated heterocycles. The fraction of sp³-hybridized carbons (Fsp3) is 0.444. The fourth-order valence-electron chi connectivity index (χ4n) is 3.50. The number of alkyl halides is 3. The van der Waals surface area contributed by atoms with Gasteiger partial charge < -0.3 is 15.0 Å². The standard InChI is InChI=1S/C18H18F4N4O2/c19-12-4-2-1-3-11(12)14-15(25-7-9-28-10-8-25)24-17-23-13(18(20,21)22)5-6-26(17)16(14)27/h1-4,13H,5-10H2,(H,23,24). The van der Waals surface area contributed by atoms with Crippen molar-refractivity contribution in [3.05, 3.63) is 40.4 Å². The quantitative estimate of drug-likeness (QED) is 0.789. The summed E-state index contributed by atoms with van der Waals surface area (Å²) in [4.78, 5) is 19.2. The van der Waals surface area contributed by atoms with E-state index < -0.39 is 23.6 Å². The minimum atomic E-state index is -4.45. The zero-order chi connectivity index (χ0) is 19.9. The second-order valence-electron chi connectivity index (χ2n) is 6.70. The molecule has 0 amide bonds. The highest BCUT2D eigenvalue weighted by atomic mass is 19.4. The lowest BCUT2D eigenvalue weighted by molar-refractivity contribution is -0.145. The Bertz CT molecular complexity index is 938. The number of rotatable bonds is 2. The highest BCUT2D eigenvalue weighted by molar-refractivity contribution is 5.76. The smallest absolute Gasteiger partial charge is 0.378 e. The molecular weight excluding hydrogens is 380 g/mol. The summed E-state index contributed by atoms with van der Waals surface area (Å²) in [5.74, 6) is -0.575. The molecule has 3 heterocycles. The Morgan fingerprint density at radius 3 is 2.54 bits per heavy atom. The van der Waals surface area contributed by atoms with E-state index in [0.717, 1.165) is 4.57 Å². The number of morpholine rings is 1. The van der Waals surface area contributed by atoms with Crippen molar-refractivity contribution in [2.75, 3.05) is 36.5 Å². The molecule has 1 unspecified atom stereocenters. The van der Waals surface area contributed by atoms with Crippen molar-refractivity contribution in [2.45, 2.75) is 25.2 Å². The Hall–Kier alpha value is -2.62. The number of nitrogens with one attached hydrogen (secondary N) is 1. The van der Waals surface area contributed by atoms with Crippen molar-refractivity contribution in [3.63, 3.8) is 0 Å². The predicted molar refractivity (Wildman–Crippen MR) is 95.0 cm³/mol. The third-order valence-electron chi connectivity index (χ3n) is 4.94. The molecule has 1 fully saturated rings. The summed E-state index contributed by atoms with van der Waals surface area (Å²) >= 11 is 0. The Labute approximate surface area is 157 Å². The average Bonchev–Trinajstić information content (AvgIpc) is 2.68. The van der Waals surface area contributed by atoms with Gasteiger partial charge in [0.25, 0.3) is 5.56 Å². The van der Waals surface area contributed by atoms with Gasteiger partial charge in [-0.15, -0.1) is 0 Å². The molecule has 1 atom stereocenters. The Morgan fingerprint density at radius 2 is 1.86 bits per heavy atom. The second-order valence-corrected chi connectivity index (χ2v) is 6.70. The SMILES string of the molecule is O=c1c(-c2ccccc2F)c(N2CCOCC2)nc2n1CCC(C(F)(F)F)N2. The molecule has 2 aliphatic rings. The Kier molecular flexibility index (Phi) is 4.74. The number of halogens is 4. The molecule has 0 bridgehead atoms. The molecular formula is C18H18F4N4O2. The molecule has 6 nitrogen and oxygen atoms in total. The van der Waals surface area contributed by atoms with Gasteiger partial charge in [0.15, 0.2) is 0 Å². The molecule has 1 N–H and O–H groups in total. The van der Waals surface area contributed by atoms with Gasteiger partial charge in [-0.2, -0.15) is 18.2 Å². The van der Waals surface area contributed by atoms with Crippen molar-refractivity contribution in [1.29, 1.82) is 0 Å². The van der Waals surface area contributed by atoms with Crippen LogP contribution >= 0.6 is 0 Å². The molecule has 28 heavy (non-hydrogen) atoms. The van der Waals surface area contributed by atoms with E-state index >= 15 is 0 Å². The number of aromatic nitrogens is 2. The van der Waals surface area contributed by atoms with Crippen LogP contribution in [-0.4, -0.2) is 48.1 Å². The van der Waals surface area contributed by atoms with Crippen molar-refractivity contribution in [1.82, 2.24) is 9.55 Å². The first-order valence-corrected chi connectivity index (χ1v) is 8.92. The highest BCUT2D eigenvalue weighted by Crippen LogP contribution is 2.33. The molecule has 4 rings (SSSR count). The summed E-state index contributed by atoms with van der Waals surface area (Å²) in [5.41, 5.74) is -0.435. The van der Waals surface area contributed by atoms with Gasteiger partial charge in [-0.25, -0.2) is 4.39 Å². The van der Waals surface area contributed by atoms with E-state index in [9.17, 15) is 22.4 Å². The normalized spacial score (nSPS) is 19.9. The maximum Gasteiger partial charge on any atom is 0.408 e. The van der Waals surface area contributed by atoms with Crippen LogP contribution in [0.1, 0.15) is 6.42 Å². The summed E-state index contributed by atoms with van der Waals surface area (Å²) in [7, 11) is 0. The summed E-state index contributed by atoms with van der Waals surface area (Å²) in [6, 6.07) is 4.03. The number of fused-ring (bicyclic) bond motifs is 1. The molecule has 2 aliphatic heterocycles. The van der Waals surface area contributed by atoms with Crippen LogP contribution in [0.3, 0.4) is 0 Å². The number of hydrogen-bond acceptors (Lipinski definition) is 5. The Morgan fingerprint density at radius 1 is 1.14 bits per heavy atom. The van der Waals surface area contributed by atoms with E-state index in [1.54, 1.807) is 11.0 Å². The van der Waals surface area contributed by atoms with E-state index in [2.05, 4.69) is 10.3 Å². The maximum atomic E-state index is 14.5. The maximum absolute atomic E-state index is 14.5. The van der Waals surface area contributed by atoms with Gasteiger partial charge in [-0.1, -0.05) is 18.2 Å². The van der Waals surface area contributed by atoms with Gasteiger partial charge in [0.1, 0.15) is 17.7 Å². The third-order valence-corrected chi connectivity index (χ3v) is 4.94. The van der Waals surface area contributed by atoms with E-state index in [0.29, 0.717) is 26.3 Å². The lowest BCUT2D eigenvalue weighted by atomic mass is 10.1. The fourth-order valence-corrected chi connectivity index (χ4v) is 3.50. The lowest BCUT2D eigenvalue weighted by Crippen LogP contribution is -2.45. The summed E-state index contributed by atoms with van der Waals surface area (Å²) < 4.78 is 60.3. The molecule has 0 saturated carbocycles. The van der Waals surface area contributed by atoms with Gasteiger partial charge in [0.05, 0.1) is 18.8 Å². The molecule has 10 heteroatoms. The average molecular weight is 398 g/mol. The van der Waals surface area contributed by atoms with Crippen LogP contribution in [0.5, 0.6) is 0 Å². The van der Waals surface area contributed by atoms with Gasteiger partial charge in [0.2, 0.25) is 5.95 Å². The van der Waals surface area contributed by atoms with Crippen LogP contribution in [0, 0.1) is 5.82 Å². The van der Waals surface area contributed by atoms with Gasteiger partial charge in [-0.3, -0.25) is 9.36 Å². The summed E-state index contributed by atoms with van der Waals surface area (Å²) in [5, 5.41) is 2.33. The lowest BCUT2D eigenvalue weighted by Gasteiger charge is -2.33. The highest BCUT2D eigenvalue weighted by Gasteiger charge is 2.42. The second kappa shape index (κ2) is 7.08. The zero-order valence-electron chi connectivity index (χ0n) is 14.8. The van der Waals surface area contributed by atoms with Crippen LogP contribution in [-0.2, 0) is 11.3 Å². The van der Waals surface area contributed by atoms with Gasteiger partial charge in [-0.05, 0) is 12.5 Å². The molecule has 0 aliphatic carbocycles. The summed E-state index contributed by atoms with van der Waals surface area (Å²) in [6.07, 6.45) is -4.75. The largest absolute Gasteiger partial charge is 0.408 e. The molecule has 0 radical (unpaired) electrons. The monoisotopic (exact) mass is 398 g/mol. The van der Waals surface area contributed by atoms with Crippen molar-refractivity contribution in [3.8, 4) is 11.1 Å². The van der Waals surface area contributed by atoms with E-state index in [1.807, 2.05) is 0 Å². The topological polar surface area (TPSA) is 59.4 Å².